The van der Waals surface area contributed by atoms with Gasteiger partial charge in [-0.25, -0.2) is 23.2 Å². The van der Waals surface area contributed by atoms with Gasteiger partial charge in [-0.05, 0) is 51.8 Å². The number of benzene rings is 1. The summed E-state index contributed by atoms with van der Waals surface area (Å²) in [4.78, 5) is 22.9. The van der Waals surface area contributed by atoms with Crippen LogP contribution in [0.1, 0.15) is 45.1 Å². The summed E-state index contributed by atoms with van der Waals surface area (Å²) in [5.41, 5.74) is 0.588. The molecule has 1 aromatic heterocycles. The number of hydrogen-bond donors (Lipinski definition) is 0. The van der Waals surface area contributed by atoms with Gasteiger partial charge < -0.3 is 14.2 Å². The minimum absolute atomic E-state index is 0.0953. The van der Waals surface area contributed by atoms with Crippen LogP contribution in [0.25, 0.3) is 0 Å². The molecule has 2 bridgehead atoms. The van der Waals surface area contributed by atoms with E-state index in [1.807, 2.05) is 26.0 Å². The Hall–Kier alpha value is -2.85. The Morgan fingerprint density at radius 3 is 2.39 bits per heavy atom. The number of carbonyl (C=O) groups excluding carboxylic acids is 1. The maximum atomic E-state index is 12.5. The van der Waals surface area contributed by atoms with E-state index in [0.29, 0.717) is 42.9 Å². The average Bonchev–Trinajstić information content (AvgIpc) is 3.63. The molecule has 3 aliphatic rings. The van der Waals surface area contributed by atoms with Gasteiger partial charge in [-0.3, -0.25) is 4.90 Å². The molecule has 1 unspecified atom stereocenters. The van der Waals surface area contributed by atoms with Crippen LogP contribution >= 0.6 is 11.6 Å². The SMILES string of the molecule is Cc1c(Oc2ccc(S(=O)(=O)C3CC3)cc2Cl)ncnc1O[C@H]1CC2C=C[C@@H](C1)N2C(=O)OC(C)C. The summed E-state index contributed by atoms with van der Waals surface area (Å²) >= 11 is 6.35. The molecule has 36 heavy (non-hydrogen) atoms. The topological polar surface area (TPSA) is 108 Å². The van der Waals surface area contributed by atoms with E-state index >= 15 is 0 Å². The van der Waals surface area contributed by atoms with Gasteiger partial charge in [-0.2, -0.15) is 0 Å². The van der Waals surface area contributed by atoms with Crippen molar-refractivity contribution in [2.75, 3.05) is 0 Å². The highest BCUT2D eigenvalue weighted by Gasteiger charge is 2.42. The Morgan fingerprint density at radius 2 is 1.78 bits per heavy atom. The molecule has 0 spiro atoms. The van der Waals surface area contributed by atoms with Gasteiger partial charge in [-0.15, -0.1) is 0 Å². The number of carbonyl (C=O) groups is 1. The van der Waals surface area contributed by atoms with Crippen LogP contribution in [0.15, 0.2) is 41.6 Å². The Bertz CT molecular complexity index is 1290. The molecule has 2 fully saturated rings. The highest BCUT2D eigenvalue weighted by Crippen LogP contribution is 2.39. The lowest BCUT2D eigenvalue weighted by molar-refractivity contribution is 0.0263. The number of aromatic nitrogens is 2. The molecule has 1 saturated heterocycles. The molecule has 0 N–H and O–H groups in total. The van der Waals surface area contributed by atoms with E-state index in [4.69, 9.17) is 25.8 Å². The van der Waals surface area contributed by atoms with Gasteiger partial charge in [0.25, 0.3) is 0 Å². The lowest BCUT2D eigenvalue weighted by atomic mass is 9.99. The lowest BCUT2D eigenvalue weighted by Gasteiger charge is -2.38. The molecule has 9 nitrogen and oxygen atoms in total. The second-order valence-corrected chi connectivity index (χ2v) is 12.3. The van der Waals surface area contributed by atoms with Crippen LogP contribution in [-0.2, 0) is 14.6 Å². The molecule has 1 amide bonds. The largest absolute Gasteiger partial charge is 0.474 e. The van der Waals surface area contributed by atoms with Crippen molar-refractivity contribution >= 4 is 27.5 Å². The standard InChI is InChI=1S/C25H28ClN3O6S/c1-14(2)33-25(30)29-16-4-5-17(29)11-18(10-16)34-23-15(3)24(28-13-27-23)35-22-9-8-20(12-21(22)26)36(31,32)19-6-7-19/h4-5,8-9,12-14,16-19H,6-7,10-11H2,1-3H3/t16-,17?,18+/m0/s1. The molecule has 2 aliphatic heterocycles. The fraction of sp³-hybridized carbons (Fsp3) is 0.480. The predicted octanol–water partition coefficient (Wildman–Crippen LogP) is 4.86. The van der Waals surface area contributed by atoms with Gasteiger partial charge in [0.1, 0.15) is 18.2 Å². The first-order valence-corrected chi connectivity index (χ1v) is 13.9. The summed E-state index contributed by atoms with van der Waals surface area (Å²) < 4.78 is 42.5. The number of hydrogen-bond acceptors (Lipinski definition) is 8. The van der Waals surface area contributed by atoms with E-state index in [0.717, 1.165) is 0 Å². The molecule has 11 heteroatoms. The van der Waals surface area contributed by atoms with Crippen molar-refractivity contribution < 1.29 is 27.4 Å². The molecule has 192 valence electrons. The van der Waals surface area contributed by atoms with Crippen LogP contribution in [0.4, 0.5) is 4.79 Å². The van der Waals surface area contributed by atoms with Gasteiger partial charge >= 0.3 is 6.09 Å². The predicted molar refractivity (Wildman–Crippen MR) is 132 cm³/mol. The number of amides is 1. The number of piperidine rings is 1. The van der Waals surface area contributed by atoms with E-state index in [1.54, 1.807) is 11.8 Å². The van der Waals surface area contributed by atoms with Crippen LogP contribution in [-0.4, -0.2) is 58.9 Å². The molecule has 1 saturated carbocycles. The molecule has 1 aromatic carbocycles. The molecule has 3 atom stereocenters. The highest BCUT2D eigenvalue weighted by atomic mass is 35.5. The first-order chi connectivity index (χ1) is 17.1. The minimum Gasteiger partial charge on any atom is -0.474 e. The first-order valence-electron chi connectivity index (χ1n) is 12.0. The van der Waals surface area contributed by atoms with Crippen molar-refractivity contribution in [3.05, 3.63) is 47.3 Å². The van der Waals surface area contributed by atoms with Crippen LogP contribution in [0.5, 0.6) is 17.5 Å². The third-order valence-electron chi connectivity index (χ3n) is 6.50. The Balaban J connectivity index is 1.27. The first kappa shape index (κ1) is 24.8. The summed E-state index contributed by atoms with van der Waals surface area (Å²) in [6, 6.07) is 4.27. The summed E-state index contributed by atoms with van der Waals surface area (Å²) in [7, 11) is -3.35. The monoisotopic (exact) mass is 533 g/mol. The highest BCUT2D eigenvalue weighted by molar-refractivity contribution is 7.92. The Morgan fingerprint density at radius 1 is 1.11 bits per heavy atom. The molecule has 1 aliphatic carbocycles. The number of nitrogens with zero attached hydrogens (tertiary/aromatic N) is 3. The third-order valence-corrected chi connectivity index (χ3v) is 9.05. The van der Waals surface area contributed by atoms with E-state index in [-0.39, 0.29) is 51.4 Å². The fourth-order valence-corrected chi connectivity index (χ4v) is 6.52. The van der Waals surface area contributed by atoms with Gasteiger partial charge in [-0.1, -0.05) is 23.8 Å². The van der Waals surface area contributed by atoms with Crippen molar-refractivity contribution in [2.45, 2.75) is 80.9 Å². The van der Waals surface area contributed by atoms with Crippen LogP contribution in [0.3, 0.4) is 0 Å². The van der Waals surface area contributed by atoms with E-state index in [2.05, 4.69) is 9.97 Å². The smallest absolute Gasteiger partial charge is 0.411 e. The van der Waals surface area contributed by atoms with Gasteiger partial charge in [0.05, 0.1) is 38.9 Å². The zero-order valence-electron chi connectivity index (χ0n) is 20.3. The van der Waals surface area contributed by atoms with E-state index in [9.17, 15) is 13.2 Å². The maximum Gasteiger partial charge on any atom is 0.411 e. The molecule has 5 rings (SSSR count). The van der Waals surface area contributed by atoms with Crippen LogP contribution in [0.2, 0.25) is 5.02 Å². The quantitative estimate of drug-likeness (QED) is 0.464. The number of halogens is 1. The van der Waals surface area contributed by atoms with Crippen molar-refractivity contribution in [1.29, 1.82) is 0 Å². The van der Waals surface area contributed by atoms with Crippen LogP contribution in [0, 0.1) is 6.92 Å². The molecular weight excluding hydrogens is 506 g/mol. The third kappa shape index (κ3) is 4.88. The van der Waals surface area contributed by atoms with E-state index < -0.39 is 9.84 Å². The molecule has 0 radical (unpaired) electrons. The summed E-state index contributed by atoms with van der Waals surface area (Å²) in [5.74, 6) is 0.934. The van der Waals surface area contributed by atoms with Gasteiger partial charge in [0, 0.05) is 12.8 Å². The average molecular weight is 534 g/mol. The number of sulfone groups is 1. The summed E-state index contributed by atoms with van der Waals surface area (Å²) in [6.07, 6.45) is 7.32. The van der Waals surface area contributed by atoms with Crippen molar-refractivity contribution in [3.8, 4) is 17.5 Å². The molecule has 2 aromatic rings. The van der Waals surface area contributed by atoms with E-state index in [1.165, 1.54) is 24.5 Å². The minimum atomic E-state index is -3.35. The second-order valence-electron chi connectivity index (χ2n) is 9.62. The van der Waals surface area contributed by atoms with Crippen molar-refractivity contribution in [2.24, 2.45) is 0 Å². The lowest BCUT2D eigenvalue weighted by Crippen LogP contribution is -2.50. The second kappa shape index (κ2) is 9.55. The van der Waals surface area contributed by atoms with Gasteiger partial charge in [0.2, 0.25) is 11.8 Å². The molecular formula is C25H28ClN3O6S. The van der Waals surface area contributed by atoms with Gasteiger partial charge in [0.15, 0.2) is 9.84 Å². The number of rotatable bonds is 7. The maximum absolute atomic E-state index is 12.5. The Kier molecular flexibility index (Phi) is 6.59. The normalized spacial score (nSPS) is 23.1. The Labute approximate surface area is 215 Å². The number of ether oxygens (including phenoxy) is 3. The van der Waals surface area contributed by atoms with Crippen molar-refractivity contribution in [1.82, 2.24) is 14.9 Å². The summed E-state index contributed by atoms with van der Waals surface area (Å²) in [6.45, 7) is 5.45. The zero-order chi connectivity index (χ0) is 25.6. The summed E-state index contributed by atoms with van der Waals surface area (Å²) in [5, 5.41) is -0.136. The fourth-order valence-electron chi connectivity index (χ4n) is 4.55. The van der Waals surface area contributed by atoms with Crippen LogP contribution < -0.4 is 9.47 Å². The van der Waals surface area contributed by atoms with Crippen molar-refractivity contribution in [3.63, 3.8) is 0 Å². The zero-order valence-corrected chi connectivity index (χ0v) is 21.8. The molecule has 3 heterocycles. The number of fused-ring (bicyclic) bond motifs is 2.